The first-order valence-corrected chi connectivity index (χ1v) is 5.78. The van der Waals surface area contributed by atoms with Gasteiger partial charge in [-0.25, -0.2) is 4.98 Å². The first-order chi connectivity index (χ1) is 7.31. The molecule has 0 aromatic carbocycles. The van der Waals surface area contributed by atoms with E-state index in [1.165, 1.54) is 36.3 Å². The van der Waals surface area contributed by atoms with Gasteiger partial charge in [0.15, 0.2) is 0 Å². The molecule has 0 N–H and O–H groups in total. The Morgan fingerprint density at radius 2 is 2.33 bits per heavy atom. The average molecular weight is 200 g/mol. The zero-order valence-electron chi connectivity index (χ0n) is 9.33. The fraction of sp³-hybridized carbons (Fsp3) is 0.462. The molecule has 2 aromatic rings. The summed E-state index contributed by atoms with van der Waals surface area (Å²) in [6.07, 6.45) is 3.70. The number of fused-ring (bicyclic) bond motifs is 3. The Morgan fingerprint density at radius 1 is 1.47 bits per heavy atom. The van der Waals surface area contributed by atoms with Crippen molar-refractivity contribution in [3.63, 3.8) is 0 Å². The van der Waals surface area contributed by atoms with Gasteiger partial charge >= 0.3 is 0 Å². The van der Waals surface area contributed by atoms with E-state index in [0.717, 1.165) is 5.65 Å². The summed E-state index contributed by atoms with van der Waals surface area (Å²) in [6, 6.07) is 6.36. The quantitative estimate of drug-likeness (QED) is 0.691. The Bertz CT molecular complexity index is 510. The van der Waals surface area contributed by atoms with Crippen molar-refractivity contribution in [2.45, 2.75) is 39.0 Å². The molecule has 1 aliphatic rings. The first-order valence-electron chi connectivity index (χ1n) is 5.78. The fourth-order valence-corrected chi connectivity index (χ4v) is 2.76. The summed E-state index contributed by atoms with van der Waals surface area (Å²) in [6.45, 7) is 4.42. The van der Waals surface area contributed by atoms with Crippen molar-refractivity contribution in [2.24, 2.45) is 0 Å². The molecule has 15 heavy (non-hydrogen) atoms. The van der Waals surface area contributed by atoms with Crippen LogP contribution in [0.25, 0.3) is 5.65 Å². The number of hydrogen-bond donors (Lipinski definition) is 0. The summed E-state index contributed by atoms with van der Waals surface area (Å²) in [5.41, 5.74) is 5.23. The van der Waals surface area contributed by atoms with E-state index in [4.69, 9.17) is 4.98 Å². The van der Waals surface area contributed by atoms with E-state index < -0.39 is 0 Å². The highest BCUT2D eigenvalue weighted by molar-refractivity contribution is 5.47. The highest BCUT2D eigenvalue weighted by atomic mass is 15.0. The molecular weight excluding hydrogens is 184 g/mol. The zero-order chi connectivity index (χ0) is 10.4. The molecule has 2 heteroatoms. The monoisotopic (exact) mass is 200 g/mol. The van der Waals surface area contributed by atoms with Crippen LogP contribution in [0, 0.1) is 6.92 Å². The second kappa shape index (κ2) is 3.09. The van der Waals surface area contributed by atoms with Crippen molar-refractivity contribution < 1.29 is 0 Å². The second-order valence-corrected chi connectivity index (χ2v) is 4.45. The molecule has 3 rings (SSSR count). The van der Waals surface area contributed by atoms with E-state index in [-0.39, 0.29) is 0 Å². The smallest absolute Gasteiger partial charge is 0.137 e. The standard InChI is InChI=1S/C13H16N2/c1-3-10-7-8-11-13(10)14-12-6-4-5-9(2)15(11)12/h4-6,10H,3,7-8H2,1-2H3. The van der Waals surface area contributed by atoms with Crippen molar-refractivity contribution in [2.75, 3.05) is 0 Å². The Labute approximate surface area is 90.0 Å². The molecule has 0 spiro atoms. The third kappa shape index (κ3) is 1.14. The SMILES string of the molecule is CCC1CCc2c1nc1cccc(C)n21. The van der Waals surface area contributed by atoms with Crippen LogP contribution in [0.3, 0.4) is 0 Å². The molecule has 0 aliphatic heterocycles. The van der Waals surface area contributed by atoms with Gasteiger partial charge in [0.25, 0.3) is 0 Å². The molecule has 1 unspecified atom stereocenters. The Kier molecular flexibility index (Phi) is 1.84. The number of hydrogen-bond acceptors (Lipinski definition) is 1. The van der Waals surface area contributed by atoms with Gasteiger partial charge in [-0.2, -0.15) is 0 Å². The number of rotatable bonds is 1. The zero-order valence-corrected chi connectivity index (χ0v) is 9.33. The number of imidazole rings is 1. The number of nitrogens with zero attached hydrogens (tertiary/aromatic N) is 2. The topological polar surface area (TPSA) is 17.3 Å². The van der Waals surface area contributed by atoms with E-state index >= 15 is 0 Å². The molecule has 1 aliphatic carbocycles. The molecule has 0 fully saturated rings. The van der Waals surface area contributed by atoms with Crippen molar-refractivity contribution in [1.29, 1.82) is 0 Å². The van der Waals surface area contributed by atoms with Crippen LogP contribution >= 0.6 is 0 Å². The summed E-state index contributed by atoms with van der Waals surface area (Å²) >= 11 is 0. The van der Waals surface area contributed by atoms with Crippen LogP contribution in [-0.2, 0) is 6.42 Å². The van der Waals surface area contributed by atoms with Crippen molar-refractivity contribution in [1.82, 2.24) is 9.38 Å². The molecule has 0 saturated heterocycles. The van der Waals surface area contributed by atoms with Crippen molar-refractivity contribution in [3.8, 4) is 0 Å². The molecule has 2 heterocycles. The summed E-state index contributed by atoms with van der Waals surface area (Å²) < 4.78 is 2.32. The molecular formula is C13H16N2. The number of pyridine rings is 1. The van der Waals surface area contributed by atoms with Gasteiger partial charge in [-0.05, 0) is 38.3 Å². The molecule has 0 amide bonds. The Hall–Kier alpha value is -1.31. The minimum Gasteiger partial charge on any atom is -0.301 e. The predicted octanol–water partition coefficient (Wildman–Crippen LogP) is 3.08. The van der Waals surface area contributed by atoms with Gasteiger partial charge in [0, 0.05) is 17.3 Å². The second-order valence-electron chi connectivity index (χ2n) is 4.45. The van der Waals surface area contributed by atoms with Gasteiger partial charge in [0.05, 0.1) is 5.69 Å². The van der Waals surface area contributed by atoms with Crippen LogP contribution in [0.5, 0.6) is 0 Å². The van der Waals surface area contributed by atoms with Crippen LogP contribution in [0.4, 0.5) is 0 Å². The minimum absolute atomic E-state index is 0.694. The summed E-state index contributed by atoms with van der Waals surface area (Å²) in [7, 11) is 0. The van der Waals surface area contributed by atoms with Crippen LogP contribution in [-0.4, -0.2) is 9.38 Å². The lowest BCUT2D eigenvalue weighted by Crippen LogP contribution is -1.94. The van der Waals surface area contributed by atoms with Gasteiger partial charge in [0.2, 0.25) is 0 Å². The van der Waals surface area contributed by atoms with Crippen molar-refractivity contribution >= 4 is 5.65 Å². The van der Waals surface area contributed by atoms with Gasteiger partial charge in [-0.15, -0.1) is 0 Å². The third-order valence-electron chi connectivity index (χ3n) is 3.57. The molecule has 2 aromatic heterocycles. The van der Waals surface area contributed by atoms with Gasteiger partial charge in [0.1, 0.15) is 5.65 Å². The van der Waals surface area contributed by atoms with E-state index in [1.54, 1.807) is 0 Å². The average Bonchev–Trinajstić information content (AvgIpc) is 2.75. The highest BCUT2D eigenvalue weighted by Gasteiger charge is 2.26. The van der Waals surface area contributed by atoms with E-state index in [2.05, 4.69) is 36.4 Å². The van der Waals surface area contributed by atoms with Crippen LogP contribution in [0.2, 0.25) is 0 Å². The van der Waals surface area contributed by atoms with Gasteiger partial charge in [-0.3, -0.25) is 0 Å². The summed E-state index contributed by atoms with van der Waals surface area (Å²) in [4.78, 5) is 4.77. The molecule has 1 atom stereocenters. The maximum absolute atomic E-state index is 4.77. The van der Waals surface area contributed by atoms with Crippen molar-refractivity contribution in [3.05, 3.63) is 35.3 Å². The van der Waals surface area contributed by atoms with Crippen LogP contribution < -0.4 is 0 Å². The van der Waals surface area contributed by atoms with E-state index in [9.17, 15) is 0 Å². The Morgan fingerprint density at radius 3 is 3.13 bits per heavy atom. The largest absolute Gasteiger partial charge is 0.301 e. The summed E-state index contributed by atoms with van der Waals surface area (Å²) in [5, 5.41) is 0. The lowest BCUT2D eigenvalue weighted by molar-refractivity contribution is 0.641. The number of aryl methyl sites for hydroxylation is 2. The van der Waals surface area contributed by atoms with Gasteiger partial charge < -0.3 is 4.40 Å². The third-order valence-corrected chi connectivity index (χ3v) is 3.57. The van der Waals surface area contributed by atoms with Gasteiger partial charge in [-0.1, -0.05) is 13.0 Å². The molecule has 2 nitrogen and oxygen atoms in total. The maximum atomic E-state index is 4.77. The minimum atomic E-state index is 0.694. The number of aromatic nitrogens is 2. The molecule has 0 saturated carbocycles. The first kappa shape index (κ1) is 8.96. The molecule has 0 bridgehead atoms. The summed E-state index contributed by atoms with van der Waals surface area (Å²) in [5.74, 6) is 0.694. The molecule has 78 valence electrons. The lowest BCUT2D eigenvalue weighted by Gasteiger charge is -2.02. The Balaban J connectivity index is 2.31. The van der Waals surface area contributed by atoms with E-state index in [1.807, 2.05) is 0 Å². The normalized spacial score (nSPS) is 19.7. The lowest BCUT2D eigenvalue weighted by atomic mass is 10.1. The predicted molar refractivity (Wildman–Crippen MR) is 61.3 cm³/mol. The van der Waals surface area contributed by atoms with E-state index in [0.29, 0.717) is 5.92 Å². The van der Waals surface area contributed by atoms with Crippen LogP contribution in [0.15, 0.2) is 18.2 Å². The highest BCUT2D eigenvalue weighted by Crippen LogP contribution is 2.35. The molecule has 0 radical (unpaired) electrons. The van der Waals surface area contributed by atoms with Crippen LogP contribution in [0.1, 0.15) is 42.8 Å². The maximum Gasteiger partial charge on any atom is 0.137 e. The fourth-order valence-electron chi connectivity index (χ4n) is 2.76.